The molecule has 0 aliphatic rings. The smallest absolute Gasteiger partial charge is 1.00 e. The molecular weight excluding hydrogens is 73.9 g/mol. The van der Waals surface area contributed by atoms with Crippen LogP contribution in [-0.2, 0) is 0 Å². The third-order valence-corrected chi connectivity index (χ3v) is 0. The van der Waals surface area contributed by atoms with E-state index < -0.39 is 0 Å². The van der Waals surface area contributed by atoms with Gasteiger partial charge in [0, 0.05) is 6.61 Å². The summed E-state index contributed by atoms with van der Waals surface area (Å²) < 4.78 is 0. The maximum absolute atomic E-state index is 7.57. The molecule has 0 rings (SSSR count). The predicted octanol–water partition coefficient (Wildman–Crippen LogP) is -4.07. The zero-order chi connectivity index (χ0) is 2.71. The molecule has 1 nitrogen and oxygen atoms in total. The van der Waals surface area contributed by atoms with Crippen molar-refractivity contribution in [2.45, 2.75) is 6.92 Å². The number of hydrogen-bond donors (Lipinski definition) is 1. The first-order chi connectivity index (χ1) is 1.41. The van der Waals surface area contributed by atoms with Crippen LogP contribution in [0.4, 0.5) is 0 Å². The van der Waals surface area contributed by atoms with Crippen LogP contribution in [-0.4, -0.2) is 29.1 Å². The van der Waals surface area contributed by atoms with Crippen LogP contribution >= 0.6 is 0 Å². The van der Waals surface area contributed by atoms with E-state index >= 15 is 0 Å². The Balaban J connectivity index is -0.00000000667. The molecule has 0 aromatic carbocycles. The normalized spacial score (nSPS) is 3.60. The molecule has 0 saturated heterocycles. The summed E-state index contributed by atoms with van der Waals surface area (Å²) in [5.41, 5.74) is 0. The third kappa shape index (κ3) is 40.9. The van der Waals surface area contributed by atoms with E-state index in [1.165, 1.54) is 0 Å². The molecule has 0 heterocycles. The number of aliphatic hydroxyl groups excluding tert-OH is 1. The molecule has 0 aliphatic carbocycles. The van der Waals surface area contributed by atoms with Crippen LogP contribution in [0.25, 0.3) is 0 Å². The topological polar surface area (TPSA) is 20.2 Å². The molecule has 0 amide bonds. The second-order valence-corrected chi connectivity index (χ2v) is 0.316. The molecule has 0 saturated carbocycles. The minimum atomic E-state index is 0. The van der Waals surface area contributed by atoms with Crippen molar-refractivity contribution in [3.63, 3.8) is 0 Å². The van der Waals surface area contributed by atoms with Gasteiger partial charge in [-0.2, -0.15) is 0 Å². The van der Waals surface area contributed by atoms with Gasteiger partial charge in [-0.3, -0.25) is 0 Å². The van der Waals surface area contributed by atoms with Crippen LogP contribution < -0.4 is 18.9 Å². The van der Waals surface area contributed by atoms with E-state index in [0.29, 0.717) is 0 Å². The quantitative estimate of drug-likeness (QED) is 0.296. The van der Waals surface area contributed by atoms with Crippen molar-refractivity contribution >= 4 is 17.4 Å². The zero-order valence-electron chi connectivity index (χ0n) is 4.15. The molecule has 0 spiro atoms. The van der Waals surface area contributed by atoms with Crippen molar-refractivity contribution in [3.05, 3.63) is 0 Å². The molecule has 0 bridgehead atoms. The molecule has 0 fully saturated rings. The Morgan fingerprint density at radius 1 is 1.80 bits per heavy atom. The standard InChI is InChI=1S/C2H6O.Al.Li.4H/c1-2-3;;;;;;/h3H,2H2,1H3;;;;;;/q;;+1;;;;-1. The van der Waals surface area contributed by atoms with Gasteiger partial charge in [0.15, 0.2) is 17.4 Å². The number of rotatable bonds is 0. The van der Waals surface area contributed by atoms with E-state index in [9.17, 15) is 0 Å². The molecule has 5 heavy (non-hydrogen) atoms. The largest absolute Gasteiger partial charge is 1.00 e. The molecule has 0 aromatic heterocycles. The van der Waals surface area contributed by atoms with Gasteiger partial charge in [-0.25, -0.2) is 0 Å². The van der Waals surface area contributed by atoms with Crippen molar-refractivity contribution in [2.75, 3.05) is 6.61 Å². The Labute approximate surface area is 56.6 Å². The van der Waals surface area contributed by atoms with E-state index in [1.54, 1.807) is 6.92 Å². The molecule has 3 heteroatoms. The molecule has 0 aromatic rings. The Hall–Kier alpha value is 1.09. The Kier molecular flexibility index (Phi) is 64.4. The first-order valence-electron chi connectivity index (χ1n) is 1.02. The van der Waals surface area contributed by atoms with Gasteiger partial charge in [0.2, 0.25) is 0 Å². The van der Waals surface area contributed by atoms with E-state index in [0.717, 1.165) is 0 Å². The summed E-state index contributed by atoms with van der Waals surface area (Å²) >= 11 is 0. The van der Waals surface area contributed by atoms with Gasteiger partial charge in [-0.15, -0.1) is 0 Å². The summed E-state index contributed by atoms with van der Waals surface area (Å²) in [5.74, 6) is 0. The fraction of sp³-hybridized carbons (Fsp3) is 1.00. The minimum Gasteiger partial charge on any atom is -1.00 e. The van der Waals surface area contributed by atoms with Crippen molar-refractivity contribution in [1.82, 2.24) is 0 Å². The second-order valence-electron chi connectivity index (χ2n) is 0.316. The van der Waals surface area contributed by atoms with Gasteiger partial charge in [0.25, 0.3) is 0 Å². The van der Waals surface area contributed by atoms with Crippen molar-refractivity contribution in [3.8, 4) is 0 Å². The fourth-order valence-electron chi connectivity index (χ4n) is 0. The van der Waals surface area contributed by atoms with Gasteiger partial charge in [-0.05, 0) is 6.92 Å². The van der Waals surface area contributed by atoms with E-state index in [1.807, 2.05) is 0 Å². The average molecular weight is 84.0 g/mol. The first-order valence-corrected chi connectivity index (χ1v) is 1.02. The molecule has 0 aliphatic heterocycles. The van der Waals surface area contributed by atoms with Gasteiger partial charge in [0.05, 0.1) is 0 Å². The minimum absolute atomic E-state index is 0. The summed E-state index contributed by atoms with van der Waals surface area (Å²) in [6.45, 7) is 1.93. The van der Waals surface area contributed by atoms with Crippen LogP contribution in [0.3, 0.4) is 0 Å². The molecular formula is C2H10AlLiO. The molecule has 1 N–H and O–H groups in total. The monoisotopic (exact) mass is 84.1 g/mol. The van der Waals surface area contributed by atoms with Gasteiger partial charge < -0.3 is 6.53 Å². The molecule has 0 radical (unpaired) electrons. The second kappa shape index (κ2) is 19.5. The summed E-state index contributed by atoms with van der Waals surface area (Å²) in [7, 11) is 0. The van der Waals surface area contributed by atoms with Crippen molar-refractivity contribution in [1.29, 1.82) is 0 Å². The van der Waals surface area contributed by atoms with Crippen LogP contribution in [0.1, 0.15) is 8.35 Å². The van der Waals surface area contributed by atoms with Crippen LogP contribution in [0, 0.1) is 0 Å². The molecule has 0 unspecified atom stereocenters. The van der Waals surface area contributed by atoms with E-state index in [4.69, 9.17) is 5.11 Å². The predicted molar refractivity (Wildman–Crippen MR) is 23.8 cm³/mol. The summed E-state index contributed by atoms with van der Waals surface area (Å²) in [6.07, 6.45) is 0. The van der Waals surface area contributed by atoms with Crippen molar-refractivity contribution < 1.29 is 25.4 Å². The SMILES string of the molecule is CCO.[AlH3].[H-].[Li+]. The molecule has 0 atom stereocenters. The van der Waals surface area contributed by atoms with Gasteiger partial charge >= 0.3 is 18.9 Å². The van der Waals surface area contributed by atoms with Gasteiger partial charge in [-0.1, -0.05) is 0 Å². The first kappa shape index (κ1) is 16.5. The number of hydrogen-bond acceptors (Lipinski definition) is 1. The van der Waals surface area contributed by atoms with E-state index in [-0.39, 0.29) is 44.3 Å². The van der Waals surface area contributed by atoms with E-state index in [2.05, 4.69) is 0 Å². The third-order valence-electron chi connectivity index (χ3n) is 0. The van der Waals surface area contributed by atoms with Crippen molar-refractivity contribution in [2.24, 2.45) is 0 Å². The van der Waals surface area contributed by atoms with Crippen LogP contribution in [0.15, 0.2) is 0 Å². The van der Waals surface area contributed by atoms with Crippen LogP contribution in [0.5, 0.6) is 0 Å². The van der Waals surface area contributed by atoms with Gasteiger partial charge in [0.1, 0.15) is 0 Å². The number of aliphatic hydroxyl groups is 1. The fourth-order valence-corrected chi connectivity index (χ4v) is 0. The Morgan fingerprint density at radius 2 is 1.80 bits per heavy atom. The maximum atomic E-state index is 7.57. The summed E-state index contributed by atoms with van der Waals surface area (Å²) in [5, 5.41) is 7.57. The summed E-state index contributed by atoms with van der Waals surface area (Å²) in [6, 6.07) is 0. The maximum Gasteiger partial charge on any atom is 1.00 e. The zero-order valence-corrected chi connectivity index (χ0v) is 3.15. The Morgan fingerprint density at radius 3 is 1.80 bits per heavy atom. The van der Waals surface area contributed by atoms with Crippen LogP contribution in [0.2, 0.25) is 0 Å². The summed E-state index contributed by atoms with van der Waals surface area (Å²) in [4.78, 5) is 0. The average Bonchev–Trinajstić information content (AvgIpc) is 0.918. The Bertz CT molecular complexity index is 13.5. The molecule has 28 valence electrons.